The van der Waals surface area contributed by atoms with Crippen molar-refractivity contribution < 1.29 is 23.1 Å². The van der Waals surface area contributed by atoms with Crippen LogP contribution in [0.4, 0.5) is 13.2 Å². The Morgan fingerprint density at radius 3 is 2.26 bits per heavy atom. The number of nitrogens with zero attached hydrogens (tertiary/aromatic N) is 1. The van der Waals surface area contributed by atoms with E-state index in [-0.39, 0.29) is 17.1 Å². The van der Waals surface area contributed by atoms with Crippen LogP contribution in [0.25, 0.3) is 0 Å². The van der Waals surface area contributed by atoms with Crippen molar-refractivity contribution in [3.63, 3.8) is 0 Å². The van der Waals surface area contributed by atoms with Gasteiger partial charge in [-0.3, -0.25) is 15.1 Å². The third-order valence-electron chi connectivity index (χ3n) is 2.41. The van der Waals surface area contributed by atoms with Crippen molar-refractivity contribution in [3.8, 4) is 5.75 Å². The third kappa shape index (κ3) is 4.61. The van der Waals surface area contributed by atoms with Gasteiger partial charge < -0.3 is 5.11 Å². The highest BCUT2D eigenvalue weighted by Crippen LogP contribution is 2.20. The molecule has 0 aromatic heterocycles. The first-order chi connectivity index (χ1) is 8.70. The fourth-order valence-electron chi connectivity index (χ4n) is 1.44. The van der Waals surface area contributed by atoms with Crippen molar-refractivity contribution in [2.45, 2.75) is 19.5 Å². The van der Waals surface area contributed by atoms with Crippen LogP contribution in [-0.4, -0.2) is 34.5 Å². The average molecular weight is 274 g/mol. The monoisotopic (exact) mass is 274 g/mol. The molecule has 19 heavy (non-hydrogen) atoms. The van der Waals surface area contributed by atoms with Crippen molar-refractivity contribution in [1.82, 2.24) is 4.90 Å². The van der Waals surface area contributed by atoms with Crippen molar-refractivity contribution in [1.29, 1.82) is 5.41 Å². The molecular formula is C12H13F3N2O2. The molecule has 0 spiro atoms. The summed E-state index contributed by atoms with van der Waals surface area (Å²) in [6, 6.07) is 5.32. The van der Waals surface area contributed by atoms with Gasteiger partial charge in [0.2, 0.25) is 5.91 Å². The smallest absolute Gasteiger partial charge is 0.390 e. The van der Waals surface area contributed by atoms with Crippen LogP contribution in [0, 0.1) is 5.41 Å². The first-order valence-corrected chi connectivity index (χ1v) is 5.43. The standard InChI is InChI=1S/C12H13F3N2O2/c1-8(18)17(7-6-12(13,14)15)11(16)9-2-4-10(19)5-3-9/h2-5,16,19H,6-7H2,1H3. The summed E-state index contributed by atoms with van der Waals surface area (Å²) < 4.78 is 36.5. The van der Waals surface area contributed by atoms with Crippen LogP contribution in [0.15, 0.2) is 24.3 Å². The van der Waals surface area contributed by atoms with Crippen LogP contribution in [-0.2, 0) is 4.79 Å². The fourth-order valence-corrected chi connectivity index (χ4v) is 1.44. The minimum Gasteiger partial charge on any atom is -0.508 e. The van der Waals surface area contributed by atoms with Crippen LogP contribution in [0.1, 0.15) is 18.9 Å². The van der Waals surface area contributed by atoms with Gasteiger partial charge >= 0.3 is 6.18 Å². The lowest BCUT2D eigenvalue weighted by atomic mass is 10.1. The number of aromatic hydroxyl groups is 1. The van der Waals surface area contributed by atoms with Gasteiger partial charge in [0.05, 0.1) is 6.42 Å². The van der Waals surface area contributed by atoms with Crippen molar-refractivity contribution in [3.05, 3.63) is 29.8 Å². The summed E-state index contributed by atoms with van der Waals surface area (Å²) in [5.41, 5.74) is 0.259. The summed E-state index contributed by atoms with van der Waals surface area (Å²) in [6.07, 6.45) is -5.56. The molecule has 0 saturated heterocycles. The molecule has 1 amide bonds. The van der Waals surface area contributed by atoms with Gasteiger partial charge in [-0.25, -0.2) is 0 Å². The number of amidine groups is 1. The van der Waals surface area contributed by atoms with Gasteiger partial charge in [-0.1, -0.05) is 0 Å². The number of rotatable bonds is 3. The highest BCUT2D eigenvalue weighted by molar-refractivity contribution is 6.05. The minimum atomic E-state index is -4.39. The lowest BCUT2D eigenvalue weighted by Gasteiger charge is -2.22. The molecule has 4 nitrogen and oxygen atoms in total. The number of carbonyl (C=O) groups is 1. The topological polar surface area (TPSA) is 64.4 Å². The van der Waals surface area contributed by atoms with Gasteiger partial charge in [0.15, 0.2) is 0 Å². The SMILES string of the molecule is CC(=O)N(CCC(F)(F)F)C(=N)c1ccc(O)cc1. The number of benzene rings is 1. The van der Waals surface area contributed by atoms with Gasteiger partial charge in [-0.2, -0.15) is 13.2 Å². The molecule has 1 aromatic carbocycles. The molecule has 0 aliphatic rings. The molecule has 0 aliphatic heterocycles. The molecule has 1 rings (SSSR count). The summed E-state index contributed by atoms with van der Waals surface area (Å²) >= 11 is 0. The quantitative estimate of drug-likeness (QED) is 0.657. The van der Waals surface area contributed by atoms with E-state index in [1.54, 1.807) is 0 Å². The van der Waals surface area contributed by atoms with Crippen LogP contribution >= 0.6 is 0 Å². The number of nitrogens with one attached hydrogen (secondary N) is 1. The molecule has 0 saturated carbocycles. The summed E-state index contributed by atoms with van der Waals surface area (Å²) in [5, 5.41) is 16.8. The van der Waals surface area contributed by atoms with Gasteiger partial charge in [-0.05, 0) is 24.3 Å². The summed E-state index contributed by atoms with van der Waals surface area (Å²) in [4.78, 5) is 12.1. The van der Waals surface area contributed by atoms with E-state index in [9.17, 15) is 18.0 Å². The van der Waals surface area contributed by atoms with Crippen molar-refractivity contribution in [2.24, 2.45) is 0 Å². The Balaban J connectivity index is 2.84. The normalized spacial score (nSPS) is 11.2. The molecule has 7 heteroatoms. The predicted octanol–water partition coefficient (Wildman–Crippen LogP) is 2.52. The number of carbonyl (C=O) groups excluding carboxylic acids is 1. The molecule has 0 unspecified atom stereocenters. The highest BCUT2D eigenvalue weighted by atomic mass is 19.4. The second kappa shape index (κ2) is 5.73. The molecule has 2 N–H and O–H groups in total. The number of alkyl halides is 3. The van der Waals surface area contributed by atoms with E-state index in [1.165, 1.54) is 24.3 Å². The molecular weight excluding hydrogens is 261 g/mol. The Morgan fingerprint density at radius 2 is 1.84 bits per heavy atom. The maximum Gasteiger partial charge on any atom is 0.390 e. The molecule has 104 valence electrons. The second-order valence-corrected chi connectivity index (χ2v) is 3.93. The first-order valence-electron chi connectivity index (χ1n) is 5.43. The molecule has 1 aromatic rings. The van der Waals surface area contributed by atoms with Crippen molar-refractivity contribution >= 4 is 11.7 Å². The number of halogens is 3. The number of hydrogen-bond acceptors (Lipinski definition) is 3. The van der Waals surface area contributed by atoms with E-state index in [0.717, 1.165) is 11.8 Å². The van der Waals surface area contributed by atoms with E-state index in [2.05, 4.69) is 0 Å². The first kappa shape index (κ1) is 15.0. The maximum atomic E-state index is 12.2. The predicted molar refractivity (Wildman–Crippen MR) is 63.0 cm³/mol. The van der Waals surface area contributed by atoms with Gasteiger partial charge in [0.1, 0.15) is 11.6 Å². The zero-order chi connectivity index (χ0) is 14.6. The number of phenols is 1. The van der Waals surface area contributed by atoms with Crippen molar-refractivity contribution in [2.75, 3.05) is 6.54 Å². The molecule has 0 atom stereocenters. The Labute approximate surface area is 108 Å². The van der Waals surface area contributed by atoms with Gasteiger partial charge in [0, 0.05) is 19.0 Å². The van der Waals surface area contributed by atoms with Gasteiger partial charge in [0.25, 0.3) is 0 Å². The van der Waals surface area contributed by atoms with E-state index < -0.39 is 25.0 Å². The van der Waals surface area contributed by atoms with Crippen LogP contribution in [0.3, 0.4) is 0 Å². The molecule has 0 fully saturated rings. The van der Waals surface area contributed by atoms with Crippen LogP contribution < -0.4 is 0 Å². The Kier molecular flexibility index (Phi) is 4.52. The third-order valence-corrected chi connectivity index (χ3v) is 2.41. The van der Waals surface area contributed by atoms with E-state index >= 15 is 0 Å². The van der Waals surface area contributed by atoms with E-state index in [0.29, 0.717) is 0 Å². The Morgan fingerprint density at radius 1 is 1.32 bits per heavy atom. The molecule has 0 bridgehead atoms. The van der Waals surface area contributed by atoms with E-state index in [4.69, 9.17) is 10.5 Å². The largest absolute Gasteiger partial charge is 0.508 e. The lowest BCUT2D eigenvalue weighted by Crippen LogP contribution is -2.37. The number of amides is 1. The Hall–Kier alpha value is -2.05. The molecule has 0 aliphatic carbocycles. The Bertz CT molecular complexity index is 469. The average Bonchev–Trinajstić information content (AvgIpc) is 2.27. The van der Waals surface area contributed by atoms with Crippen LogP contribution in [0.2, 0.25) is 0 Å². The highest BCUT2D eigenvalue weighted by Gasteiger charge is 2.29. The van der Waals surface area contributed by atoms with Gasteiger partial charge in [-0.15, -0.1) is 0 Å². The lowest BCUT2D eigenvalue weighted by molar-refractivity contribution is -0.140. The number of phenolic OH excluding ortho intramolecular Hbond substituents is 1. The summed E-state index contributed by atoms with van der Waals surface area (Å²) in [6.45, 7) is 0.504. The zero-order valence-corrected chi connectivity index (χ0v) is 10.2. The second-order valence-electron chi connectivity index (χ2n) is 3.93. The summed E-state index contributed by atoms with van der Waals surface area (Å²) in [7, 11) is 0. The number of hydrogen-bond donors (Lipinski definition) is 2. The minimum absolute atomic E-state index is 0.0267. The van der Waals surface area contributed by atoms with E-state index in [1.807, 2.05) is 0 Å². The molecule has 0 heterocycles. The summed E-state index contributed by atoms with van der Waals surface area (Å²) in [5.74, 6) is -0.986. The molecule has 0 radical (unpaired) electrons. The maximum absolute atomic E-state index is 12.2. The fraction of sp³-hybridized carbons (Fsp3) is 0.333. The van der Waals surface area contributed by atoms with Crippen LogP contribution in [0.5, 0.6) is 5.75 Å². The zero-order valence-electron chi connectivity index (χ0n) is 10.2.